The van der Waals surface area contributed by atoms with Crippen LogP contribution < -0.4 is 0 Å². The van der Waals surface area contributed by atoms with E-state index >= 15 is 0 Å². The third kappa shape index (κ3) is 4.67. The number of hydrogen-bond donors (Lipinski definition) is 0. The molecule has 1 nitrogen and oxygen atoms in total. The Morgan fingerprint density at radius 1 is 0.923 bits per heavy atom. The van der Waals surface area contributed by atoms with Crippen molar-refractivity contribution in [3.05, 3.63) is 0 Å². The first-order valence-electron chi connectivity index (χ1n) is 3.15. The Morgan fingerprint density at radius 3 is 1.31 bits per heavy atom. The second-order valence-corrected chi connectivity index (χ2v) is 4.20. The van der Waals surface area contributed by atoms with Gasteiger partial charge in [0.2, 0.25) is 0 Å². The molecule has 0 bridgehead atoms. The Bertz CT molecular complexity index is 147. The molecule has 0 unspecified atom stereocenters. The molecular weight excluding hydrogens is 221 g/mol. The third-order valence-corrected chi connectivity index (χ3v) is 2.33. The molecule has 0 spiro atoms. The highest BCUT2D eigenvalue weighted by Gasteiger charge is 2.59. The van der Waals surface area contributed by atoms with Gasteiger partial charge in [-0.1, -0.05) is 0 Å². The van der Waals surface area contributed by atoms with Crippen molar-refractivity contribution in [2.45, 2.75) is 31.8 Å². The van der Waals surface area contributed by atoms with Crippen LogP contribution in [-0.4, -0.2) is 17.9 Å². The highest BCUT2D eigenvalue weighted by atomic mass is 31.1. The quantitative estimate of drug-likeness (QED) is 0.515. The molecule has 0 N–H and O–H groups in total. The average molecular weight is 228 g/mol. The van der Waals surface area contributed by atoms with Crippen molar-refractivity contribution in [3.8, 4) is 0 Å². The Balaban J connectivity index is 4.58. The monoisotopic (exact) mass is 228 g/mol. The van der Waals surface area contributed by atoms with Crippen molar-refractivity contribution < 1.29 is 30.9 Å². The second-order valence-electron chi connectivity index (χ2n) is 2.38. The van der Waals surface area contributed by atoms with Gasteiger partial charge in [0.05, 0.1) is 6.10 Å². The largest absolute Gasteiger partial charge is 0.439 e. The van der Waals surface area contributed by atoms with Gasteiger partial charge in [-0.05, 0) is 13.8 Å². The topological polar surface area (TPSA) is 9.23 Å². The summed E-state index contributed by atoms with van der Waals surface area (Å²) in [5.74, 6) is -10.7. The number of hydrogen-bond acceptors (Lipinski definition) is 1. The van der Waals surface area contributed by atoms with E-state index in [1.807, 2.05) is 0 Å². The molecule has 0 saturated carbocycles. The summed E-state index contributed by atoms with van der Waals surface area (Å²) >= 11 is 0. The second kappa shape index (κ2) is 4.00. The number of rotatable bonds is 2. The Hall–Kier alpha value is -0.0300. The van der Waals surface area contributed by atoms with Crippen molar-refractivity contribution in [1.29, 1.82) is 0 Å². The van der Waals surface area contributed by atoms with Crippen LogP contribution in [0.5, 0.6) is 0 Å². The van der Waals surface area contributed by atoms with Gasteiger partial charge in [0.25, 0.3) is 8.15 Å². The minimum absolute atomic E-state index is 1.10. The van der Waals surface area contributed by atoms with Crippen LogP contribution in [0.15, 0.2) is 0 Å². The van der Waals surface area contributed by atoms with E-state index in [4.69, 9.17) is 0 Å². The molecule has 0 aromatic carbocycles. The molecule has 80 valence electrons. The standard InChI is InChI=1S/C5H7F6OP/c1-3(2)12-13(4(6,7)8)5(9,10)11/h3H,1-2H3. The smallest absolute Gasteiger partial charge is 0.341 e. The summed E-state index contributed by atoms with van der Waals surface area (Å²) < 4.78 is 74.4. The fourth-order valence-electron chi connectivity index (χ4n) is 0.474. The molecule has 8 heteroatoms. The predicted molar refractivity (Wildman–Crippen MR) is 35.3 cm³/mol. The number of alkyl halides is 6. The van der Waals surface area contributed by atoms with Crippen LogP contribution in [0.4, 0.5) is 26.3 Å². The summed E-state index contributed by atoms with van der Waals surface area (Å²) in [6.45, 7) is 2.24. The van der Waals surface area contributed by atoms with E-state index in [1.165, 1.54) is 0 Å². The predicted octanol–water partition coefficient (Wildman–Crippen LogP) is 3.85. The molecule has 0 aliphatic rings. The zero-order chi connectivity index (χ0) is 10.9. The normalized spacial score (nSPS) is 14.3. The van der Waals surface area contributed by atoms with Gasteiger partial charge in [0.15, 0.2) is 0 Å². The van der Waals surface area contributed by atoms with Gasteiger partial charge in [0.1, 0.15) is 0 Å². The van der Waals surface area contributed by atoms with Crippen LogP contribution in [0.3, 0.4) is 0 Å². The number of halogens is 6. The van der Waals surface area contributed by atoms with E-state index in [0.717, 1.165) is 13.8 Å². The van der Waals surface area contributed by atoms with E-state index in [-0.39, 0.29) is 0 Å². The molecule has 0 heterocycles. The first-order chi connectivity index (χ1) is 5.55. The summed E-state index contributed by atoms with van der Waals surface area (Å²) in [4.78, 5) is 0. The first kappa shape index (κ1) is 13.0. The van der Waals surface area contributed by atoms with Crippen LogP contribution in [0.2, 0.25) is 0 Å². The van der Waals surface area contributed by atoms with Crippen LogP contribution >= 0.6 is 8.15 Å². The lowest BCUT2D eigenvalue weighted by atomic mass is 10.5. The fourth-order valence-corrected chi connectivity index (χ4v) is 1.42. The molecule has 0 atom stereocenters. The molecule has 0 aliphatic heterocycles. The average Bonchev–Trinajstić information content (AvgIpc) is 1.77. The molecule has 0 radical (unpaired) electrons. The van der Waals surface area contributed by atoms with Gasteiger partial charge in [0, 0.05) is 0 Å². The van der Waals surface area contributed by atoms with Crippen molar-refractivity contribution in [2.24, 2.45) is 0 Å². The maximum Gasteiger partial charge on any atom is 0.439 e. The van der Waals surface area contributed by atoms with Gasteiger partial charge in [-0.15, -0.1) is 0 Å². The van der Waals surface area contributed by atoms with Gasteiger partial charge >= 0.3 is 11.8 Å². The molecule has 0 fully saturated rings. The fraction of sp³-hybridized carbons (Fsp3) is 1.00. The van der Waals surface area contributed by atoms with E-state index in [1.54, 1.807) is 0 Å². The third-order valence-electron chi connectivity index (χ3n) is 0.777. The Morgan fingerprint density at radius 2 is 1.23 bits per heavy atom. The maximum absolute atomic E-state index is 11.8. The van der Waals surface area contributed by atoms with Gasteiger partial charge in [-0.3, -0.25) is 0 Å². The lowest BCUT2D eigenvalue weighted by molar-refractivity contribution is -0.101. The highest BCUT2D eigenvalue weighted by Crippen LogP contribution is 2.65. The Labute approximate surface area is 71.9 Å². The molecule has 0 saturated heterocycles. The molecule has 13 heavy (non-hydrogen) atoms. The minimum atomic E-state index is -5.35. The molecule has 0 rings (SSSR count). The van der Waals surface area contributed by atoms with E-state index in [2.05, 4.69) is 4.52 Å². The first-order valence-corrected chi connectivity index (χ1v) is 4.41. The SMILES string of the molecule is CC(C)OP(C(F)(F)F)C(F)(F)F. The van der Waals surface area contributed by atoms with Gasteiger partial charge in [-0.25, -0.2) is 0 Å². The lowest BCUT2D eigenvalue weighted by Gasteiger charge is -2.23. The van der Waals surface area contributed by atoms with Crippen LogP contribution in [0, 0.1) is 0 Å². The van der Waals surface area contributed by atoms with E-state index < -0.39 is 26.1 Å². The summed E-state index contributed by atoms with van der Waals surface area (Å²) in [6, 6.07) is 0. The van der Waals surface area contributed by atoms with E-state index in [9.17, 15) is 26.3 Å². The highest BCUT2D eigenvalue weighted by molar-refractivity contribution is 7.54. The maximum atomic E-state index is 11.8. The van der Waals surface area contributed by atoms with Gasteiger partial charge in [-0.2, -0.15) is 26.3 Å². The van der Waals surface area contributed by atoms with E-state index in [0.29, 0.717) is 0 Å². The summed E-state index contributed by atoms with van der Waals surface area (Å²) in [5.41, 5.74) is 0. The minimum Gasteiger partial charge on any atom is -0.341 e. The van der Waals surface area contributed by atoms with Crippen molar-refractivity contribution >= 4 is 8.15 Å². The van der Waals surface area contributed by atoms with Crippen molar-refractivity contribution in [3.63, 3.8) is 0 Å². The Kier molecular flexibility index (Phi) is 3.99. The molecule has 0 aromatic rings. The summed E-state index contributed by atoms with van der Waals surface area (Å²) in [6.07, 6.45) is -1.10. The van der Waals surface area contributed by atoms with Gasteiger partial charge < -0.3 is 4.52 Å². The lowest BCUT2D eigenvalue weighted by Crippen LogP contribution is -2.21. The zero-order valence-corrected chi connectivity index (χ0v) is 7.60. The zero-order valence-electron chi connectivity index (χ0n) is 6.70. The summed E-state index contributed by atoms with van der Waals surface area (Å²) in [7, 11) is -4.38. The van der Waals surface area contributed by atoms with Crippen molar-refractivity contribution in [1.82, 2.24) is 0 Å². The molecule has 0 aliphatic carbocycles. The van der Waals surface area contributed by atoms with Crippen molar-refractivity contribution in [2.75, 3.05) is 0 Å². The van der Waals surface area contributed by atoms with Crippen LogP contribution in [0.1, 0.15) is 13.8 Å². The van der Waals surface area contributed by atoms with Crippen LogP contribution in [0.25, 0.3) is 0 Å². The molecule has 0 aromatic heterocycles. The molecule has 0 amide bonds. The summed E-state index contributed by atoms with van der Waals surface area (Å²) in [5, 5.41) is 0. The molecular formula is C5H7F6OP. The van der Waals surface area contributed by atoms with Crippen LogP contribution in [-0.2, 0) is 4.52 Å².